The minimum Gasteiger partial charge on any atom is -0.374 e. The molecule has 4 nitrogen and oxygen atoms in total. The van der Waals surface area contributed by atoms with Gasteiger partial charge in [-0.05, 0) is 47.4 Å². The highest BCUT2D eigenvalue weighted by Crippen LogP contribution is 2.49. The van der Waals surface area contributed by atoms with Gasteiger partial charge in [-0.15, -0.1) is 0 Å². The van der Waals surface area contributed by atoms with Crippen molar-refractivity contribution in [1.29, 1.82) is 0 Å². The number of hydrogen-bond donors (Lipinski definition) is 0. The number of hydrogen-bond acceptors (Lipinski definition) is 4. The summed E-state index contributed by atoms with van der Waals surface area (Å²) in [5.74, 6) is -0.436. The Labute approximate surface area is 141 Å². The normalized spacial score (nSPS) is 13.1. The molecule has 0 N–H and O–H groups in total. The Kier molecular flexibility index (Phi) is 3.15. The predicted molar refractivity (Wildman–Crippen MR) is 86.5 cm³/mol. The number of nitrogens with zero attached hydrogens (tertiary/aromatic N) is 1. The van der Waals surface area contributed by atoms with Crippen LogP contribution in [-0.4, -0.2) is 18.9 Å². The molecule has 0 amide bonds. The van der Waals surface area contributed by atoms with Gasteiger partial charge in [-0.25, -0.2) is 4.98 Å². The zero-order valence-corrected chi connectivity index (χ0v) is 13.6. The van der Waals surface area contributed by atoms with Gasteiger partial charge in [0.05, 0.1) is 0 Å². The van der Waals surface area contributed by atoms with Crippen molar-refractivity contribution in [3.63, 3.8) is 0 Å². The lowest BCUT2D eigenvalue weighted by molar-refractivity contribution is -0.0499. The van der Waals surface area contributed by atoms with E-state index in [1.54, 1.807) is 13.0 Å². The van der Waals surface area contributed by atoms with E-state index in [4.69, 9.17) is 0 Å². The van der Waals surface area contributed by atoms with E-state index in [-0.39, 0.29) is 5.52 Å². The number of aromatic nitrogens is 1. The van der Waals surface area contributed by atoms with Crippen LogP contribution in [0.2, 0.25) is 0 Å². The van der Waals surface area contributed by atoms with Crippen molar-refractivity contribution in [3.8, 4) is 28.0 Å². The van der Waals surface area contributed by atoms with Crippen LogP contribution in [0.4, 0.5) is 13.2 Å². The van der Waals surface area contributed by atoms with E-state index in [1.165, 1.54) is 6.07 Å². The Bertz CT molecular complexity index is 1140. The first-order chi connectivity index (χ1) is 11.7. The van der Waals surface area contributed by atoms with E-state index < -0.39 is 21.4 Å². The quantitative estimate of drug-likeness (QED) is 0.390. The average Bonchev–Trinajstić information content (AvgIpc) is 2.84. The number of pyridine rings is 1. The molecule has 4 rings (SSSR count). The van der Waals surface area contributed by atoms with Gasteiger partial charge in [0.25, 0.3) is 0 Å². The van der Waals surface area contributed by atoms with Gasteiger partial charge in [0.1, 0.15) is 5.52 Å². The summed E-state index contributed by atoms with van der Waals surface area (Å²) >= 11 is 0. The van der Waals surface area contributed by atoms with E-state index in [9.17, 15) is 21.6 Å². The lowest BCUT2D eigenvalue weighted by atomic mass is 10.1. The molecule has 1 heterocycles. The molecule has 1 aliphatic carbocycles. The topological polar surface area (TPSA) is 56.3 Å². The van der Waals surface area contributed by atoms with Crippen LogP contribution in [0.15, 0.2) is 42.5 Å². The molecule has 2 aromatic carbocycles. The summed E-state index contributed by atoms with van der Waals surface area (Å²) in [7, 11) is -5.77. The fraction of sp³-hybridized carbons (Fsp3) is 0.118. The highest BCUT2D eigenvalue weighted by Gasteiger charge is 2.49. The third-order valence-corrected chi connectivity index (χ3v) is 5.01. The summed E-state index contributed by atoms with van der Waals surface area (Å²) in [6, 6.07) is 12.1. The molecule has 0 atom stereocenters. The number of halogens is 3. The third kappa shape index (κ3) is 2.28. The summed E-state index contributed by atoms with van der Waals surface area (Å²) in [6.07, 6.45) is 0. The van der Waals surface area contributed by atoms with E-state index >= 15 is 0 Å². The minimum atomic E-state index is -5.77. The van der Waals surface area contributed by atoms with E-state index in [2.05, 4.69) is 9.17 Å². The van der Waals surface area contributed by atoms with E-state index in [0.717, 1.165) is 22.3 Å². The van der Waals surface area contributed by atoms with Crippen molar-refractivity contribution in [2.75, 3.05) is 0 Å². The fourth-order valence-electron chi connectivity index (χ4n) is 3.07. The Balaban J connectivity index is 2.00. The average molecular weight is 365 g/mol. The second kappa shape index (κ2) is 4.95. The molecular weight excluding hydrogens is 355 g/mol. The van der Waals surface area contributed by atoms with Crippen molar-refractivity contribution in [1.82, 2.24) is 4.98 Å². The molecule has 0 unspecified atom stereocenters. The maximum atomic E-state index is 12.7. The van der Waals surface area contributed by atoms with Crippen LogP contribution in [0.3, 0.4) is 0 Å². The highest BCUT2D eigenvalue weighted by atomic mass is 32.2. The van der Waals surface area contributed by atoms with Crippen molar-refractivity contribution in [2.45, 2.75) is 12.4 Å². The Morgan fingerprint density at radius 3 is 2.24 bits per heavy atom. The molecule has 3 aromatic rings. The largest absolute Gasteiger partial charge is 0.534 e. The zero-order chi connectivity index (χ0) is 18.0. The van der Waals surface area contributed by atoms with Crippen LogP contribution in [-0.2, 0) is 10.1 Å². The van der Waals surface area contributed by atoms with Crippen LogP contribution in [0, 0.1) is 6.92 Å². The van der Waals surface area contributed by atoms with Crippen molar-refractivity contribution in [3.05, 3.63) is 48.2 Å². The number of benzene rings is 2. The summed E-state index contributed by atoms with van der Waals surface area (Å²) in [5.41, 5.74) is -1.45. The minimum absolute atomic E-state index is 0.0940. The second-order valence-electron chi connectivity index (χ2n) is 5.67. The van der Waals surface area contributed by atoms with Crippen LogP contribution in [0.1, 0.15) is 5.69 Å². The van der Waals surface area contributed by atoms with Gasteiger partial charge >= 0.3 is 15.6 Å². The highest BCUT2D eigenvalue weighted by molar-refractivity contribution is 7.88. The summed E-state index contributed by atoms with van der Waals surface area (Å²) in [4.78, 5) is 4.23. The molecule has 0 saturated carbocycles. The van der Waals surface area contributed by atoms with Crippen LogP contribution < -0.4 is 4.18 Å². The monoisotopic (exact) mass is 365 g/mol. The predicted octanol–water partition coefficient (Wildman–Crippen LogP) is 4.42. The SMILES string of the molecule is Cc1cc2c3c(ccc(OS(=O)(=O)C(F)(F)F)c3n1)-c1ccccc1-2. The summed E-state index contributed by atoms with van der Waals surface area (Å²) in [5, 5.41) is 0.585. The maximum Gasteiger partial charge on any atom is 0.534 e. The van der Waals surface area contributed by atoms with Crippen molar-refractivity contribution >= 4 is 21.0 Å². The molecule has 0 radical (unpaired) electrons. The Morgan fingerprint density at radius 2 is 1.60 bits per heavy atom. The third-order valence-electron chi connectivity index (χ3n) is 4.04. The summed E-state index contributed by atoms with van der Waals surface area (Å²) in [6.45, 7) is 1.69. The van der Waals surface area contributed by atoms with Gasteiger partial charge in [-0.1, -0.05) is 24.3 Å². The first-order valence-electron chi connectivity index (χ1n) is 7.24. The smallest absolute Gasteiger partial charge is 0.374 e. The first kappa shape index (κ1) is 15.9. The molecule has 128 valence electrons. The van der Waals surface area contributed by atoms with Gasteiger partial charge in [-0.2, -0.15) is 21.6 Å². The number of rotatable bonds is 2. The van der Waals surface area contributed by atoms with Crippen molar-refractivity contribution < 1.29 is 25.8 Å². The molecule has 0 spiro atoms. The maximum absolute atomic E-state index is 12.7. The van der Waals surface area contributed by atoms with Crippen molar-refractivity contribution in [2.24, 2.45) is 0 Å². The summed E-state index contributed by atoms with van der Waals surface area (Å²) < 4.78 is 65.1. The molecule has 0 aliphatic heterocycles. The second-order valence-corrected chi connectivity index (χ2v) is 7.21. The van der Waals surface area contributed by atoms with Gasteiger partial charge in [0.2, 0.25) is 0 Å². The molecule has 0 bridgehead atoms. The van der Waals surface area contributed by atoms with Gasteiger partial charge < -0.3 is 4.18 Å². The lowest BCUT2D eigenvalue weighted by Gasteiger charge is -2.12. The van der Waals surface area contributed by atoms with Crippen LogP contribution in [0.5, 0.6) is 5.75 Å². The Hall–Kier alpha value is -2.61. The molecular formula is C17H10F3NO3S. The molecule has 1 aliphatic rings. The molecule has 25 heavy (non-hydrogen) atoms. The standard InChI is InChI=1S/C17H10F3NO3S/c1-9-8-13-11-5-3-2-4-10(11)12-6-7-14(16(21-9)15(12)13)24-25(22,23)17(18,19)20/h2-8H,1H3. The number of aryl methyl sites for hydroxylation is 1. The van der Waals surface area contributed by atoms with Gasteiger partial charge in [0, 0.05) is 11.1 Å². The van der Waals surface area contributed by atoms with E-state index in [1.807, 2.05) is 30.3 Å². The van der Waals surface area contributed by atoms with Crippen LogP contribution >= 0.6 is 0 Å². The Morgan fingerprint density at radius 1 is 0.960 bits per heavy atom. The zero-order valence-electron chi connectivity index (χ0n) is 12.8. The number of fused-ring (bicyclic) bond motifs is 3. The van der Waals surface area contributed by atoms with E-state index in [0.29, 0.717) is 11.1 Å². The molecule has 1 aromatic heterocycles. The van der Waals surface area contributed by atoms with Gasteiger partial charge in [-0.3, -0.25) is 0 Å². The lowest BCUT2D eigenvalue weighted by Crippen LogP contribution is -2.28. The molecule has 0 fully saturated rings. The fourth-order valence-corrected chi connectivity index (χ4v) is 3.53. The first-order valence-corrected chi connectivity index (χ1v) is 8.65. The molecule has 0 saturated heterocycles. The van der Waals surface area contributed by atoms with Crippen LogP contribution in [0.25, 0.3) is 33.2 Å². The molecule has 8 heteroatoms. The van der Waals surface area contributed by atoms with Gasteiger partial charge in [0.15, 0.2) is 5.75 Å². The number of alkyl halides is 3.